The van der Waals surface area contributed by atoms with Crippen LogP contribution < -0.4 is 10.2 Å². The minimum absolute atomic E-state index is 0.0784. The number of phenolic OH excluding ortho intramolecular Hbond substituents is 5. The van der Waals surface area contributed by atoms with E-state index in [-0.39, 0.29) is 16.7 Å². The third-order valence-corrected chi connectivity index (χ3v) is 9.40. The molecule has 3 aliphatic heterocycles. The summed E-state index contributed by atoms with van der Waals surface area (Å²) in [5, 5.41) is 108. The molecular weight excluding hydrogens is 720 g/mol. The molecule has 0 amide bonds. The van der Waals surface area contributed by atoms with E-state index in [2.05, 4.69) is 0 Å². The van der Waals surface area contributed by atoms with Crippen molar-refractivity contribution in [2.75, 3.05) is 6.61 Å². The average molecular weight is 755 g/mol. The first-order chi connectivity index (χ1) is 25.6. The van der Waals surface area contributed by atoms with Gasteiger partial charge in [0.1, 0.15) is 77.6 Å². The maximum atomic E-state index is 14.4. The number of fused-ring (bicyclic) bond motifs is 9. The maximum absolute atomic E-state index is 14.4. The van der Waals surface area contributed by atoms with Gasteiger partial charge in [0.25, 0.3) is 0 Å². The topological polar surface area (TPSA) is 296 Å². The van der Waals surface area contributed by atoms with E-state index in [1.54, 1.807) is 0 Å². The van der Waals surface area contributed by atoms with Crippen molar-refractivity contribution in [1.29, 1.82) is 0 Å². The Morgan fingerprint density at radius 1 is 0.685 bits per heavy atom. The molecule has 9 bridgehead atoms. The molecule has 0 unspecified atom stereocenters. The van der Waals surface area contributed by atoms with Gasteiger partial charge in [-0.2, -0.15) is 0 Å². The predicted octanol–water partition coefficient (Wildman–Crippen LogP) is 0.263. The lowest BCUT2D eigenvalue weighted by Crippen LogP contribution is -2.64. The number of esters is 1. The fourth-order valence-electron chi connectivity index (χ4n) is 6.46. The molecular formula is C36H34O18. The number of hydrogen-bond acceptors (Lipinski definition) is 18. The highest BCUT2D eigenvalue weighted by Gasteiger charge is 2.51. The second-order valence-corrected chi connectivity index (χ2v) is 12.9. The van der Waals surface area contributed by atoms with E-state index < -0.39 is 136 Å². The minimum Gasteiger partial charge on any atom is -0.507 e. The fraction of sp³-hybridized carbons (Fsp3) is 0.333. The lowest BCUT2D eigenvalue weighted by Gasteiger charge is -2.45. The smallest absolute Gasteiger partial charge is 0.330 e. The molecule has 2 fully saturated rings. The summed E-state index contributed by atoms with van der Waals surface area (Å²) in [6, 6.07) is 8.09. The van der Waals surface area contributed by atoms with Crippen LogP contribution in [-0.4, -0.2) is 125 Å². The first kappa shape index (κ1) is 36.9. The second kappa shape index (κ2) is 14.1. The molecule has 4 heterocycles. The molecule has 0 spiro atoms. The van der Waals surface area contributed by atoms with Gasteiger partial charge in [0, 0.05) is 23.3 Å². The summed E-state index contributed by atoms with van der Waals surface area (Å²) in [6.45, 7) is 0.680. The van der Waals surface area contributed by atoms with E-state index in [0.717, 1.165) is 24.3 Å². The van der Waals surface area contributed by atoms with Crippen LogP contribution in [0.2, 0.25) is 0 Å². The molecule has 18 nitrogen and oxygen atoms in total. The average Bonchev–Trinajstić information content (AvgIpc) is 3.13. The molecule has 286 valence electrons. The monoisotopic (exact) mass is 754 g/mol. The second-order valence-electron chi connectivity index (χ2n) is 12.9. The number of carbonyl (C=O) groups is 1. The first-order valence-corrected chi connectivity index (χ1v) is 16.4. The van der Waals surface area contributed by atoms with Crippen molar-refractivity contribution in [3.63, 3.8) is 0 Å². The number of cyclic esters (lactones) is 1. The summed E-state index contributed by atoms with van der Waals surface area (Å²) in [5.41, 5.74) is -2.03. The Bertz CT molecular complexity index is 2200. The van der Waals surface area contributed by atoms with Gasteiger partial charge in [0.2, 0.25) is 17.5 Å². The van der Waals surface area contributed by atoms with Gasteiger partial charge in [0.05, 0.1) is 11.7 Å². The van der Waals surface area contributed by atoms with Crippen LogP contribution in [0.4, 0.5) is 0 Å². The summed E-state index contributed by atoms with van der Waals surface area (Å²) in [4.78, 5) is 27.1. The van der Waals surface area contributed by atoms with Gasteiger partial charge in [-0.05, 0) is 48.9 Å². The van der Waals surface area contributed by atoms with Gasteiger partial charge >= 0.3 is 5.97 Å². The standard InChI is InChI=1S/C36H34O18/c1-12-25(42)33-31(48)36(50-12)54-34-28(45)24-20(51-32(34)14-4-6-17(38)18(39)9-14)10-19(40)23(27(24)44)15-8-13(2-5-16(15)37)3-7-22(41)49-11-21-26(43)29(46)30(47)35(52-21)53-33/h2-10,12,21,25-26,29-31,33,35-40,42-44,46-48H,11H2,1H3/b7-3-/t12-,21+,25-,26+,29-,30+,31+,33+,35-,36-/m0/s1. The van der Waals surface area contributed by atoms with E-state index in [4.69, 9.17) is 28.1 Å². The SMILES string of the molecule is C[C@@H]1O[C@H]2Oc3c(-c4ccc(O)c(O)c4)oc4cc(O)c(c(O)c4c3=O)-c3cc(ccc3O)/C=C\C(=O)OC[C@H]3O[C@@H](O[C@H]([C@H]1O)[C@H]2O)[C@H](O)[C@@H](O)[C@@H]3O. The van der Waals surface area contributed by atoms with Crippen molar-refractivity contribution in [3.05, 3.63) is 64.3 Å². The molecule has 3 aliphatic rings. The zero-order valence-corrected chi connectivity index (χ0v) is 27.9. The lowest BCUT2D eigenvalue weighted by molar-refractivity contribution is -0.350. The third kappa shape index (κ3) is 6.43. The van der Waals surface area contributed by atoms with Gasteiger partial charge < -0.3 is 79.2 Å². The number of phenols is 5. The van der Waals surface area contributed by atoms with Crippen molar-refractivity contribution in [1.82, 2.24) is 0 Å². The zero-order chi connectivity index (χ0) is 38.7. The van der Waals surface area contributed by atoms with Crippen LogP contribution >= 0.6 is 0 Å². The Labute approximate surface area is 303 Å². The number of aromatic hydroxyl groups is 5. The highest BCUT2D eigenvalue weighted by molar-refractivity contribution is 5.98. The molecule has 10 atom stereocenters. The van der Waals surface area contributed by atoms with Crippen LogP contribution in [0, 0.1) is 0 Å². The Kier molecular flexibility index (Phi) is 9.62. The normalized spacial score (nSPS) is 30.7. The molecule has 4 aromatic rings. The number of aliphatic hydroxyl groups excluding tert-OH is 5. The number of ether oxygens (including phenoxy) is 5. The van der Waals surface area contributed by atoms with E-state index in [1.807, 2.05) is 0 Å². The van der Waals surface area contributed by atoms with Crippen LogP contribution in [0.5, 0.6) is 34.5 Å². The van der Waals surface area contributed by atoms with Crippen LogP contribution in [0.1, 0.15) is 12.5 Å². The van der Waals surface area contributed by atoms with Crippen LogP contribution in [-0.2, 0) is 23.7 Å². The van der Waals surface area contributed by atoms with Gasteiger partial charge in [-0.3, -0.25) is 4.79 Å². The quantitative estimate of drug-likeness (QED) is 0.0921. The van der Waals surface area contributed by atoms with Crippen molar-refractivity contribution in [2.45, 2.75) is 68.3 Å². The van der Waals surface area contributed by atoms with Gasteiger partial charge in [-0.15, -0.1) is 0 Å². The minimum atomic E-state index is -2.02. The van der Waals surface area contributed by atoms with E-state index in [1.165, 1.54) is 37.3 Å². The number of hydrogen-bond donors (Lipinski definition) is 10. The Hall–Kier alpha value is -5.44. The molecule has 2 saturated heterocycles. The van der Waals surface area contributed by atoms with Gasteiger partial charge in [0.15, 0.2) is 23.5 Å². The van der Waals surface area contributed by atoms with Gasteiger partial charge in [-0.25, -0.2) is 4.79 Å². The number of aliphatic hydroxyl groups is 5. The summed E-state index contributed by atoms with van der Waals surface area (Å²) >= 11 is 0. The molecule has 10 N–H and O–H groups in total. The fourth-order valence-corrected chi connectivity index (χ4v) is 6.46. The molecule has 3 aromatic carbocycles. The predicted molar refractivity (Wildman–Crippen MR) is 180 cm³/mol. The molecule has 54 heavy (non-hydrogen) atoms. The summed E-state index contributed by atoms with van der Waals surface area (Å²) in [7, 11) is 0. The molecule has 0 aliphatic carbocycles. The Morgan fingerprint density at radius 2 is 1.43 bits per heavy atom. The van der Waals surface area contributed by atoms with Gasteiger partial charge in [-0.1, -0.05) is 6.07 Å². The molecule has 0 saturated carbocycles. The molecule has 1 aromatic heterocycles. The maximum Gasteiger partial charge on any atom is 0.330 e. The van der Waals surface area contributed by atoms with Crippen LogP contribution in [0.3, 0.4) is 0 Å². The summed E-state index contributed by atoms with van der Waals surface area (Å²) in [5.74, 6) is -5.37. The van der Waals surface area contributed by atoms with Crippen LogP contribution in [0.15, 0.2) is 57.8 Å². The third-order valence-electron chi connectivity index (χ3n) is 9.40. The molecule has 7 rings (SSSR count). The molecule has 0 radical (unpaired) electrons. The summed E-state index contributed by atoms with van der Waals surface area (Å²) < 4.78 is 34.2. The Balaban J connectivity index is 1.44. The van der Waals surface area contributed by atoms with Crippen molar-refractivity contribution >= 4 is 23.0 Å². The van der Waals surface area contributed by atoms with E-state index in [0.29, 0.717) is 0 Å². The van der Waals surface area contributed by atoms with E-state index >= 15 is 0 Å². The first-order valence-electron chi connectivity index (χ1n) is 16.4. The van der Waals surface area contributed by atoms with Crippen molar-refractivity contribution in [2.24, 2.45) is 0 Å². The number of rotatable bonds is 1. The zero-order valence-electron chi connectivity index (χ0n) is 27.9. The Morgan fingerprint density at radius 3 is 2.17 bits per heavy atom. The number of benzene rings is 3. The highest BCUT2D eigenvalue weighted by Crippen LogP contribution is 2.47. The highest BCUT2D eigenvalue weighted by atomic mass is 16.7. The van der Waals surface area contributed by atoms with E-state index in [9.17, 15) is 60.7 Å². The van der Waals surface area contributed by atoms with Crippen LogP contribution in [0.25, 0.3) is 39.5 Å². The van der Waals surface area contributed by atoms with Crippen molar-refractivity contribution in [3.8, 4) is 56.9 Å². The lowest BCUT2D eigenvalue weighted by atomic mass is 9.97. The van der Waals surface area contributed by atoms with Crippen molar-refractivity contribution < 1.29 is 84.0 Å². The molecule has 18 heteroatoms. The number of carbonyl (C=O) groups excluding carboxylic acids is 1. The summed E-state index contributed by atoms with van der Waals surface area (Å²) in [6.07, 6.45) is -15.4. The largest absolute Gasteiger partial charge is 0.507 e.